The van der Waals surface area contributed by atoms with Gasteiger partial charge in [-0.15, -0.1) is 0 Å². The molecule has 7 heteroatoms. The highest BCUT2D eigenvalue weighted by molar-refractivity contribution is 5.81. The number of hydrogen-bond acceptors (Lipinski definition) is 4. The maximum Gasteiger partial charge on any atom is 0.257 e. The molecule has 0 aliphatic heterocycles. The molecule has 3 aromatic rings. The summed E-state index contributed by atoms with van der Waals surface area (Å²) in [6.07, 6.45) is 1.38. The van der Waals surface area contributed by atoms with Crippen LogP contribution >= 0.6 is 0 Å². The Kier molecular flexibility index (Phi) is 9.70. The van der Waals surface area contributed by atoms with Crippen molar-refractivity contribution < 1.29 is 14.3 Å². The second kappa shape index (κ2) is 12.9. The van der Waals surface area contributed by atoms with E-state index in [2.05, 4.69) is 33.0 Å². The topological polar surface area (TPSA) is 76.5 Å². The predicted octanol–water partition coefficient (Wildman–Crippen LogP) is 4.30. The Hall–Kier alpha value is -3.35. The van der Waals surface area contributed by atoms with Crippen molar-refractivity contribution in [3.05, 3.63) is 60.4 Å². The molecular formula is C28H38N4O3. The van der Waals surface area contributed by atoms with E-state index in [1.165, 1.54) is 0 Å². The molecule has 0 atom stereocenters. The number of hydrogen-bond donors (Lipinski definition) is 1. The van der Waals surface area contributed by atoms with E-state index in [4.69, 9.17) is 9.72 Å². The standard InChI is InChI=1S/C28H38N4O3/c1-21(2)17-31(18-22(3)4)28(34)19-32-25-14-9-8-13-24(25)30-26(32)15-10-16-29-27(33)20-35-23-11-6-5-7-12-23/h5-9,11-14,21-22H,10,15-20H2,1-4H3,(H,29,33). The number of para-hydroxylation sites is 3. The van der Waals surface area contributed by atoms with Gasteiger partial charge in [-0.25, -0.2) is 4.98 Å². The molecule has 1 N–H and O–H groups in total. The smallest absolute Gasteiger partial charge is 0.257 e. The van der Waals surface area contributed by atoms with Gasteiger partial charge in [-0.1, -0.05) is 58.0 Å². The summed E-state index contributed by atoms with van der Waals surface area (Å²) in [7, 11) is 0. The summed E-state index contributed by atoms with van der Waals surface area (Å²) in [5.74, 6) is 2.31. The van der Waals surface area contributed by atoms with Crippen molar-refractivity contribution in [3.8, 4) is 5.75 Å². The van der Waals surface area contributed by atoms with Crippen molar-refractivity contribution in [1.29, 1.82) is 0 Å². The molecule has 0 unspecified atom stereocenters. The number of imidazole rings is 1. The zero-order chi connectivity index (χ0) is 25.2. The first-order chi connectivity index (χ1) is 16.8. The van der Waals surface area contributed by atoms with E-state index in [-0.39, 0.29) is 25.0 Å². The average Bonchev–Trinajstić information content (AvgIpc) is 3.17. The molecule has 0 saturated heterocycles. The fraction of sp³-hybridized carbons (Fsp3) is 0.464. The molecule has 0 radical (unpaired) electrons. The van der Waals surface area contributed by atoms with Crippen molar-refractivity contribution >= 4 is 22.8 Å². The van der Waals surface area contributed by atoms with Crippen LogP contribution in [0.15, 0.2) is 54.6 Å². The Bertz CT molecular complexity index is 1080. The summed E-state index contributed by atoms with van der Waals surface area (Å²) in [6, 6.07) is 17.2. The highest BCUT2D eigenvalue weighted by Crippen LogP contribution is 2.18. The van der Waals surface area contributed by atoms with Crippen molar-refractivity contribution in [2.24, 2.45) is 11.8 Å². The number of carbonyl (C=O) groups is 2. The molecule has 3 rings (SSSR count). The first kappa shape index (κ1) is 26.3. The first-order valence-corrected chi connectivity index (χ1v) is 12.5. The van der Waals surface area contributed by atoms with Crippen LogP contribution < -0.4 is 10.1 Å². The van der Waals surface area contributed by atoms with Gasteiger partial charge in [-0.05, 0) is 42.5 Å². The van der Waals surface area contributed by atoms with Crippen LogP contribution in [0.25, 0.3) is 11.0 Å². The van der Waals surface area contributed by atoms with E-state index in [0.29, 0.717) is 30.6 Å². The number of rotatable bonds is 13. The number of ether oxygens (including phenoxy) is 1. The van der Waals surface area contributed by atoms with Gasteiger partial charge < -0.3 is 19.5 Å². The quantitative estimate of drug-likeness (QED) is 0.372. The minimum absolute atomic E-state index is 0.0153. The lowest BCUT2D eigenvalue weighted by molar-refractivity contribution is -0.133. The fourth-order valence-corrected chi connectivity index (χ4v) is 4.08. The van der Waals surface area contributed by atoms with Crippen molar-refractivity contribution in [3.63, 3.8) is 0 Å². The molecule has 35 heavy (non-hydrogen) atoms. The fourth-order valence-electron chi connectivity index (χ4n) is 4.08. The van der Waals surface area contributed by atoms with Gasteiger partial charge in [0.05, 0.1) is 11.0 Å². The van der Waals surface area contributed by atoms with Crippen LogP contribution in [-0.4, -0.2) is 52.5 Å². The Morgan fingerprint density at radius 1 is 0.971 bits per heavy atom. The number of amides is 2. The largest absolute Gasteiger partial charge is 0.484 e. The lowest BCUT2D eigenvalue weighted by Crippen LogP contribution is -2.39. The average molecular weight is 479 g/mol. The van der Waals surface area contributed by atoms with Gasteiger partial charge in [-0.3, -0.25) is 9.59 Å². The molecule has 0 aliphatic carbocycles. The minimum atomic E-state index is -0.157. The van der Waals surface area contributed by atoms with Gasteiger partial charge in [0.1, 0.15) is 18.1 Å². The van der Waals surface area contributed by atoms with Gasteiger partial charge in [0.2, 0.25) is 5.91 Å². The molecule has 0 spiro atoms. The molecule has 0 fully saturated rings. The van der Waals surface area contributed by atoms with E-state index >= 15 is 0 Å². The Morgan fingerprint density at radius 2 is 1.63 bits per heavy atom. The summed E-state index contributed by atoms with van der Waals surface area (Å²) in [5.41, 5.74) is 1.85. The molecular weight excluding hydrogens is 440 g/mol. The maximum absolute atomic E-state index is 13.3. The minimum Gasteiger partial charge on any atom is -0.484 e. The third-order valence-corrected chi connectivity index (χ3v) is 5.56. The molecule has 0 saturated carbocycles. The Balaban J connectivity index is 1.60. The van der Waals surface area contributed by atoms with Crippen LogP contribution in [0.3, 0.4) is 0 Å². The second-order valence-corrected chi connectivity index (χ2v) is 9.74. The lowest BCUT2D eigenvalue weighted by Gasteiger charge is -2.27. The molecule has 188 valence electrons. The van der Waals surface area contributed by atoms with Gasteiger partial charge in [-0.2, -0.15) is 0 Å². The number of aromatic nitrogens is 2. The van der Waals surface area contributed by atoms with Crippen molar-refractivity contribution in [2.45, 2.75) is 47.1 Å². The number of aryl methyl sites for hydroxylation is 1. The molecule has 1 heterocycles. The van der Waals surface area contributed by atoms with Crippen molar-refractivity contribution in [2.75, 3.05) is 26.2 Å². The van der Waals surface area contributed by atoms with Gasteiger partial charge in [0.25, 0.3) is 5.91 Å². The number of benzene rings is 2. The van der Waals surface area contributed by atoms with E-state index < -0.39 is 0 Å². The summed E-state index contributed by atoms with van der Waals surface area (Å²) in [4.78, 5) is 32.2. The zero-order valence-corrected chi connectivity index (χ0v) is 21.4. The molecule has 2 aromatic carbocycles. The maximum atomic E-state index is 13.3. The van der Waals surface area contributed by atoms with E-state index in [1.807, 2.05) is 64.1 Å². The molecule has 0 aliphatic rings. The molecule has 0 bridgehead atoms. The van der Waals surface area contributed by atoms with E-state index in [1.54, 1.807) is 0 Å². The van der Waals surface area contributed by atoms with Crippen LogP contribution in [0.5, 0.6) is 5.75 Å². The first-order valence-electron chi connectivity index (χ1n) is 12.5. The van der Waals surface area contributed by atoms with Crippen molar-refractivity contribution in [1.82, 2.24) is 19.8 Å². The molecule has 7 nitrogen and oxygen atoms in total. The summed E-state index contributed by atoms with van der Waals surface area (Å²) >= 11 is 0. The van der Waals surface area contributed by atoms with E-state index in [9.17, 15) is 9.59 Å². The highest BCUT2D eigenvalue weighted by Gasteiger charge is 2.20. The number of fused-ring (bicyclic) bond motifs is 1. The molecule has 2 amide bonds. The van der Waals surface area contributed by atoms with Crippen LogP contribution in [-0.2, 0) is 22.6 Å². The van der Waals surface area contributed by atoms with Gasteiger partial charge >= 0.3 is 0 Å². The zero-order valence-electron chi connectivity index (χ0n) is 21.4. The third-order valence-electron chi connectivity index (χ3n) is 5.56. The Labute approximate surface area is 208 Å². The lowest BCUT2D eigenvalue weighted by atomic mass is 10.1. The SMILES string of the molecule is CC(C)CN(CC(C)C)C(=O)Cn1c(CCCNC(=O)COc2ccccc2)nc2ccccc21. The normalized spacial score (nSPS) is 11.3. The van der Waals surface area contributed by atoms with Gasteiger partial charge in [0.15, 0.2) is 6.61 Å². The van der Waals surface area contributed by atoms with Crippen LogP contribution in [0.2, 0.25) is 0 Å². The molecule has 1 aromatic heterocycles. The summed E-state index contributed by atoms with van der Waals surface area (Å²) in [6.45, 7) is 10.8. The van der Waals surface area contributed by atoms with Crippen LogP contribution in [0.4, 0.5) is 0 Å². The highest BCUT2D eigenvalue weighted by atomic mass is 16.5. The number of carbonyl (C=O) groups excluding carboxylic acids is 2. The van der Waals surface area contributed by atoms with E-state index in [0.717, 1.165) is 36.4 Å². The Morgan fingerprint density at radius 3 is 2.31 bits per heavy atom. The predicted molar refractivity (Wildman–Crippen MR) is 139 cm³/mol. The summed E-state index contributed by atoms with van der Waals surface area (Å²) in [5, 5.41) is 2.90. The van der Waals surface area contributed by atoms with Crippen LogP contribution in [0.1, 0.15) is 39.9 Å². The monoisotopic (exact) mass is 478 g/mol. The number of nitrogens with zero attached hydrogens (tertiary/aromatic N) is 3. The summed E-state index contributed by atoms with van der Waals surface area (Å²) < 4.78 is 7.53. The van der Waals surface area contributed by atoms with Gasteiger partial charge in [0, 0.05) is 26.1 Å². The second-order valence-electron chi connectivity index (χ2n) is 9.74. The number of nitrogens with one attached hydrogen (secondary N) is 1. The van der Waals surface area contributed by atoms with Crippen LogP contribution in [0, 0.1) is 11.8 Å². The third kappa shape index (κ3) is 8.12.